The van der Waals surface area contributed by atoms with E-state index in [0.717, 1.165) is 25.1 Å². The van der Waals surface area contributed by atoms with Gasteiger partial charge >= 0.3 is 0 Å². The lowest BCUT2D eigenvalue weighted by Crippen LogP contribution is -2.44. The first-order chi connectivity index (χ1) is 8.20. The fraction of sp³-hybridized carbons (Fsp3) is 0.500. The highest BCUT2D eigenvalue weighted by molar-refractivity contribution is 5.96. The molecule has 0 saturated carbocycles. The van der Waals surface area contributed by atoms with E-state index in [1.165, 1.54) is 0 Å². The maximum Gasteiger partial charge on any atom is 0.243 e. The summed E-state index contributed by atoms with van der Waals surface area (Å²) in [5.41, 5.74) is 6.77. The van der Waals surface area contributed by atoms with Gasteiger partial charge in [-0.15, -0.1) is 0 Å². The molecule has 0 fully saturated rings. The Kier molecular flexibility index (Phi) is 5.70. The molecular formula is C14H22N2O. The van der Waals surface area contributed by atoms with Crippen LogP contribution in [0.5, 0.6) is 0 Å². The van der Waals surface area contributed by atoms with Gasteiger partial charge in [0.2, 0.25) is 5.91 Å². The van der Waals surface area contributed by atoms with Gasteiger partial charge in [0.15, 0.2) is 0 Å². The molecule has 0 saturated heterocycles. The van der Waals surface area contributed by atoms with Gasteiger partial charge in [0, 0.05) is 12.2 Å². The van der Waals surface area contributed by atoms with E-state index in [9.17, 15) is 4.79 Å². The molecule has 1 atom stereocenters. The molecule has 0 unspecified atom stereocenters. The van der Waals surface area contributed by atoms with E-state index in [4.69, 9.17) is 5.73 Å². The SMILES string of the molecule is CCCCN(C(=O)[C@H](N)CC)c1ccccc1. The highest BCUT2D eigenvalue weighted by atomic mass is 16.2. The molecule has 0 aromatic heterocycles. The van der Waals surface area contributed by atoms with Crippen LogP contribution in [0.1, 0.15) is 33.1 Å². The van der Waals surface area contributed by atoms with Crippen molar-refractivity contribution in [1.82, 2.24) is 0 Å². The summed E-state index contributed by atoms with van der Waals surface area (Å²) in [6.07, 6.45) is 2.74. The van der Waals surface area contributed by atoms with Crippen LogP contribution in [0.15, 0.2) is 30.3 Å². The van der Waals surface area contributed by atoms with Gasteiger partial charge in [-0.1, -0.05) is 38.5 Å². The van der Waals surface area contributed by atoms with E-state index in [0.29, 0.717) is 6.42 Å². The molecule has 3 heteroatoms. The first-order valence-electron chi connectivity index (χ1n) is 6.32. The Balaban J connectivity index is 2.84. The van der Waals surface area contributed by atoms with Crippen molar-refractivity contribution in [3.63, 3.8) is 0 Å². The molecule has 1 aromatic rings. The minimum Gasteiger partial charge on any atom is -0.320 e. The molecular weight excluding hydrogens is 212 g/mol. The van der Waals surface area contributed by atoms with Gasteiger partial charge in [0.1, 0.15) is 0 Å². The summed E-state index contributed by atoms with van der Waals surface area (Å²) in [6.45, 7) is 4.80. The number of hydrogen-bond donors (Lipinski definition) is 1. The predicted molar refractivity (Wildman–Crippen MR) is 72.0 cm³/mol. The summed E-state index contributed by atoms with van der Waals surface area (Å²) in [6, 6.07) is 9.35. The number of para-hydroxylation sites is 1. The van der Waals surface area contributed by atoms with Crippen LogP contribution in [0.4, 0.5) is 5.69 Å². The number of nitrogens with two attached hydrogens (primary N) is 1. The monoisotopic (exact) mass is 234 g/mol. The molecule has 0 heterocycles. The fourth-order valence-corrected chi connectivity index (χ4v) is 1.67. The van der Waals surface area contributed by atoms with Crippen LogP contribution < -0.4 is 10.6 Å². The number of carbonyl (C=O) groups is 1. The zero-order valence-electron chi connectivity index (χ0n) is 10.7. The standard InChI is InChI=1S/C14H22N2O/c1-3-5-11-16(14(17)13(15)4-2)12-9-7-6-8-10-12/h6-10,13H,3-5,11,15H2,1-2H3/t13-/m1/s1. The van der Waals surface area contributed by atoms with E-state index < -0.39 is 6.04 Å². The number of nitrogens with zero attached hydrogens (tertiary/aromatic N) is 1. The molecule has 3 nitrogen and oxygen atoms in total. The Morgan fingerprint density at radius 2 is 1.94 bits per heavy atom. The predicted octanol–water partition coefficient (Wildman–Crippen LogP) is 2.56. The van der Waals surface area contributed by atoms with Crippen LogP contribution in [0.2, 0.25) is 0 Å². The summed E-state index contributed by atoms with van der Waals surface area (Å²) in [4.78, 5) is 14.0. The van der Waals surface area contributed by atoms with Crippen molar-refractivity contribution >= 4 is 11.6 Å². The summed E-state index contributed by atoms with van der Waals surface area (Å²) in [5.74, 6) is 0.0205. The Morgan fingerprint density at radius 1 is 1.29 bits per heavy atom. The first kappa shape index (κ1) is 13.7. The van der Waals surface area contributed by atoms with Crippen LogP contribution in [-0.4, -0.2) is 18.5 Å². The fourth-order valence-electron chi connectivity index (χ4n) is 1.67. The van der Waals surface area contributed by atoms with Crippen LogP contribution in [0.3, 0.4) is 0 Å². The van der Waals surface area contributed by atoms with E-state index in [2.05, 4.69) is 6.92 Å². The molecule has 0 radical (unpaired) electrons. The van der Waals surface area contributed by atoms with Gasteiger partial charge in [-0.25, -0.2) is 0 Å². The zero-order chi connectivity index (χ0) is 12.7. The number of rotatable bonds is 6. The number of amides is 1. The molecule has 0 spiro atoms. The summed E-state index contributed by atoms with van der Waals surface area (Å²) >= 11 is 0. The van der Waals surface area contributed by atoms with Crippen LogP contribution in [0.25, 0.3) is 0 Å². The number of hydrogen-bond acceptors (Lipinski definition) is 2. The highest BCUT2D eigenvalue weighted by Gasteiger charge is 2.20. The second-order valence-corrected chi connectivity index (χ2v) is 4.19. The highest BCUT2D eigenvalue weighted by Crippen LogP contribution is 2.15. The van der Waals surface area contributed by atoms with Crippen LogP contribution >= 0.6 is 0 Å². The number of benzene rings is 1. The van der Waals surface area contributed by atoms with Crippen molar-refractivity contribution < 1.29 is 4.79 Å². The summed E-state index contributed by atoms with van der Waals surface area (Å²) in [5, 5.41) is 0. The second-order valence-electron chi connectivity index (χ2n) is 4.19. The third-order valence-corrected chi connectivity index (χ3v) is 2.83. The van der Waals surface area contributed by atoms with Crippen molar-refractivity contribution in [3.8, 4) is 0 Å². The largest absolute Gasteiger partial charge is 0.320 e. The lowest BCUT2D eigenvalue weighted by Gasteiger charge is -2.25. The molecule has 0 bridgehead atoms. The van der Waals surface area contributed by atoms with Gasteiger partial charge in [0.05, 0.1) is 6.04 Å². The number of anilines is 1. The molecule has 1 amide bonds. The van der Waals surface area contributed by atoms with E-state index in [1.807, 2.05) is 37.3 Å². The average molecular weight is 234 g/mol. The summed E-state index contributed by atoms with van der Waals surface area (Å²) < 4.78 is 0. The topological polar surface area (TPSA) is 46.3 Å². The maximum atomic E-state index is 12.2. The Hall–Kier alpha value is -1.35. The lowest BCUT2D eigenvalue weighted by molar-refractivity contribution is -0.119. The Morgan fingerprint density at radius 3 is 2.47 bits per heavy atom. The molecule has 1 rings (SSSR count). The molecule has 0 aliphatic carbocycles. The molecule has 0 aliphatic rings. The first-order valence-corrected chi connectivity index (χ1v) is 6.32. The smallest absolute Gasteiger partial charge is 0.243 e. The van der Waals surface area contributed by atoms with Gasteiger partial charge in [-0.05, 0) is 25.0 Å². The third-order valence-electron chi connectivity index (χ3n) is 2.83. The van der Waals surface area contributed by atoms with Crippen molar-refractivity contribution in [3.05, 3.63) is 30.3 Å². The number of unbranched alkanes of at least 4 members (excludes halogenated alkanes) is 1. The minimum atomic E-state index is -0.396. The minimum absolute atomic E-state index is 0.0205. The third kappa shape index (κ3) is 3.86. The zero-order valence-corrected chi connectivity index (χ0v) is 10.7. The quantitative estimate of drug-likeness (QED) is 0.822. The van der Waals surface area contributed by atoms with Crippen molar-refractivity contribution in [2.24, 2.45) is 5.73 Å². The van der Waals surface area contributed by atoms with Gasteiger partial charge in [-0.2, -0.15) is 0 Å². The molecule has 1 aromatic carbocycles. The average Bonchev–Trinajstić information content (AvgIpc) is 2.39. The molecule has 2 N–H and O–H groups in total. The molecule has 17 heavy (non-hydrogen) atoms. The summed E-state index contributed by atoms with van der Waals surface area (Å²) in [7, 11) is 0. The van der Waals surface area contributed by atoms with Crippen molar-refractivity contribution in [1.29, 1.82) is 0 Å². The van der Waals surface area contributed by atoms with Crippen molar-refractivity contribution in [2.75, 3.05) is 11.4 Å². The number of carbonyl (C=O) groups excluding carboxylic acids is 1. The van der Waals surface area contributed by atoms with Crippen molar-refractivity contribution in [2.45, 2.75) is 39.2 Å². The maximum absolute atomic E-state index is 12.2. The van der Waals surface area contributed by atoms with E-state index in [-0.39, 0.29) is 5.91 Å². The van der Waals surface area contributed by atoms with Gasteiger partial charge in [-0.3, -0.25) is 4.79 Å². The van der Waals surface area contributed by atoms with E-state index >= 15 is 0 Å². The van der Waals surface area contributed by atoms with Crippen LogP contribution in [0, 0.1) is 0 Å². The Labute approximate surface area is 104 Å². The van der Waals surface area contributed by atoms with Gasteiger partial charge < -0.3 is 10.6 Å². The van der Waals surface area contributed by atoms with E-state index in [1.54, 1.807) is 4.90 Å². The second kappa shape index (κ2) is 7.07. The van der Waals surface area contributed by atoms with Gasteiger partial charge in [0.25, 0.3) is 0 Å². The lowest BCUT2D eigenvalue weighted by atomic mass is 10.1. The normalized spacial score (nSPS) is 12.2. The Bertz CT molecular complexity index is 337. The van der Waals surface area contributed by atoms with Crippen LogP contribution in [-0.2, 0) is 4.79 Å². The molecule has 0 aliphatic heterocycles. The molecule has 94 valence electrons.